The van der Waals surface area contributed by atoms with Gasteiger partial charge in [-0.15, -0.1) is 0 Å². The largest absolute Gasteiger partial charge is 0.479 e. The number of nitrogens with one attached hydrogen (secondary N) is 1. The lowest BCUT2D eigenvalue weighted by Crippen LogP contribution is -2.47. The highest BCUT2D eigenvalue weighted by molar-refractivity contribution is 7.22. The number of fused-ring (bicyclic) bond motifs is 2. The van der Waals surface area contributed by atoms with Gasteiger partial charge in [0.1, 0.15) is 12.3 Å². The Labute approximate surface area is 178 Å². The summed E-state index contributed by atoms with van der Waals surface area (Å²) in [5, 5.41) is 3.96. The fraction of sp³-hybridized carbons (Fsp3) is 0.318. The van der Waals surface area contributed by atoms with E-state index >= 15 is 0 Å². The van der Waals surface area contributed by atoms with E-state index in [9.17, 15) is 9.59 Å². The second kappa shape index (κ2) is 7.60. The number of ether oxygens (including phenoxy) is 1. The standard InChI is InChI=1S/C22H22N4O3S/c1-14-21(28)26(17-6-2-3-7-18(17)29-14)13-20(27)23-15-8-9-16-19(12-15)30-22(24-16)25-10-4-5-11-25/h2-3,6-9,12,14H,4-5,10-11,13H2,1H3,(H,23,27). The molecular formula is C22H22N4O3S. The van der Waals surface area contributed by atoms with E-state index in [4.69, 9.17) is 9.72 Å². The fourth-order valence-electron chi connectivity index (χ4n) is 3.90. The summed E-state index contributed by atoms with van der Waals surface area (Å²) in [6.45, 7) is 3.73. The van der Waals surface area contributed by atoms with Gasteiger partial charge in [0.25, 0.3) is 5.91 Å². The third-order valence-electron chi connectivity index (χ3n) is 5.41. The van der Waals surface area contributed by atoms with Gasteiger partial charge in [0.15, 0.2) is 11.2 Å². The van der Waals surface area contributed by atoms with Gasteiger partial charge < -0.3 is 15.0 Å². The summed E-state index contributed by atoms with van der Waals surface area (Å²) < 4.78 is 6.67. The average molecular weight is 423 g/mol. The van der Waals surface area contributed by atoms with Crippen molar-refractivity contribution >= 4 is 49.9 Å². The molecule has 1 atom stereocenters. The Morgan fingerprint density at radius 1 is 1.23 bits per heavy atom. The highest BCUT2D eigenvalue weighted by atomic mass is 32.1. The zero-order chi connectivity index (χ0) is 20.7. The smallest absolute Gasteiger partial charge is 0.268 e. The van der Waals surface area contributed by atoms with Gasteiger partial charge >= 0.3 is 0 Å². The van der Waals surface area contributed by atoms with E-state index in [1.54, 1.807) is 30.4 Å². The molecule has 3 heterocycles. The zero-order valence-electron chi connectivity index (χ0n) is 16.6. The number of carbonyl (C=O) groups excluding carboxylic acids is 2. The number of nitrogens with zero attached hydrogens (tertiary/aromatic N) is 3. The SMILES string of the molecule is CC1Oc2ccccc2N(CC(=O)Nc2ccc3nc(N4CCCC4)sc3c2)C1=O. The molecule has 2 aliphatic rings. The van der Waals surface area contributed by atoms with E-state index < -0.39 is 6.10 Å². The molecule has 1 saturated heterocycles. The number of hydrogen-bond acceptors (Lipinski definition) is 6. The van der Waals surface area contributed by atoms with Gasteiger partial charge in [-0.2, -0.15) is 0 Å². The summed E-state index contributed by atoms with van der Waals surface area (Å²) in [6.07, 6.45) is 1.80. The molecule has 154 valence electrons. The molecule has 1 fully saturated rings. The molecule has 1 aromatic heterocycles. The summed E-state index contributed by atoms with van der Waals surface area (Å²) in [4.78, 5) is 33.8. The molecule has 0 spiro atoms. The topological polar surface area (TPSA) is 74.8 Å². The second-order valence-corrected chi connectivity index (χ2v) is 8.58. The van der Waals surface area contributed by atoms with E-state index in [1.165, 1.54) is 17.7 Å². The molecule has 2 amide bonds. The summed E-state index contributed by atoms with van der Waals surface area (Å²) in [7, 11) is 0. The fourth-order valence-corrected chi connectivity index (χ4v) is 4.96. The third kappa shape index (κ3) is 3.47. The van der Waals surface area contributed by atoms with Crippen LogP contribution < -0.4 is 19.9 Å². The number of aromatic nitrogens is 1. The first-order chi connectivity index (χ1) is 14.6. The lowest BCUT2D eigenvalue weighted by atomic mass is 10.2. The minimum Gasteiger partial charge on any atom is -0.479 e. The van der Waals surface area contributed by atoms with Gasteiger partial charge in [0, 0.05) is 18.8 Å². The number of para-hydroxylation sites is 2. The summed E-state index contributed by atoms with van der Waals surface area (Å²) in [5.41, 5.74) is 2.25. The lowest BCUT2D eigenvalue weighted by Gasteiger charge is -2.32. The Balaban J connectivity index is 1.33. The molecule has 7 nitrogen and oxygen atoms in total. The monoisotopic (exact) mass is 422 g/mol. The van der Waals surface area contributed by atoms with E-state index in [-0.39, 0.29) is 18.4 Å². The van der Waals surface area contributed by atoms with Crippen LogP contribution in [0.3, 0.4) is 0 Å². The van der Waals surface area contributed by atoms with E-state index in [2.05, 4.69) is 10.2 Å². The normalized spacial score (nSPS) is 18.4. The van der Waals surface area contributed by atoms with Crippen LogP contribution in [0.1, 0.15) is 19.8 Å². The van der Waals surface area contributed by atoms with Crippen LogP contribution >= 0.6 is 11.3 Å². The van der Waals surface area contributed by atoms with Crippen molar-refractivity contribution in [3.05, 3.63) is 42.5 Å². The van der Waals surface area contributed by atoms with E-state index in [0.717, 1.165) is 28.4 Å². The highest BCUT2D eigenvalue weighted by Gasteiger charge is 2.32. The number of benzene rings is 2. The maximum atomic E-state index is 12.7. The van der Waals surface area contributed by atoms with Crippen LogP contribution in [0.15, 0.2) is 42.5 Å². The Kier molecular flexibility index (Phi) is 4.78. The first kappa shape index (κ1) is 18.9. The minimum atomic E-state index is -0.620. The van der Waals surface area contributed by atoms with Gasteiger partial charge in [-0.3, -0.25) is 14.5 Å². The Hall–Kier alpha value is -3.13. The first-order valence-corrected chi connectivity index (χ1v) is 10.9. The van der Waals surface area contributed by atoms with Crippen LogP contribution in [-0.2, 0) is 9.59 Å². The van der Waals surface area contributed by atoms with E-state index in [0.29, 0.717) is 17.1 Å². The highest BCUT2D eigenvalue weighted by Crippen LogP contribution is 2.34. The molecule has 30 heavy (non-hydrogen) atoms. The molecule has 1 unspecified atom stereocenters. The van der Waals surface area contributed by atoms with Crippen LogP contribution in [0, 0.1) is 0 Å². The predicted molar refractivity (Wildman–Crippen MR) is 119 cm³/mol. The van der Waals surface area contributed by atoms with Crippen LogP contribution in [0.5, 0.6) is 5.75 Å². The van der Waals surface area contributed by atoms with Gasteiger partial charge in [0.2, 0.25) is 5.91 Å². The molecule has 0 radical (unpaired) electrons. The Morgan fingerprint density at radius 3 is 2.87 bits per heavy atom. The third-order valence-corrected chi connectivity index (χ3v) is 6.49. The van der Waals surface area contributed by atoms with Crippen LogP contribution in [0.25, 0.3) is 10.2 Å². The van der Waals surface area contributed by atoms with Gasteiger partial charge in [0.05, 0.1) is 15.9 Å². The van der Waals surface area contributed by atoms with Crippen molar-refractivity contribution in [1.29, 1.82) is 0 Å². The Bertz CT molecular complexity index is 1120. The second-order valence-electron chi connectivity index (χ2n) is 7.57. The molecule has 2 aliphatic heterocycles. The van der Waals surface area contributed by atoms with E-state index in [1.807, 2.05) is 30.3 Å². The van der Waals surface area contributed by atoms with Crippen molar-refractivity contribution in [1.82, 2.24) is 4.98 Å². The number of amides is 2. The molecule has 0 saturated carbocycles. The quantitative estimate of drug-likeness (QED) is 0.695. The summed E-state index contributed by atoms with van der Waals surface area (Å²) in [5.74, 6) is 0.130. The maximum absolute atomic E-state index is 12.7. The molecule has 0 bridgehead atoms. The van der Waals surface area contributed by atoms with Crippen LogP contribution in [-0.4, -0.2) is 42.5 Å². The average Bonchev–Trinajstić information content (AvgIpc) is 3.40. The summed E-state index contributed by atoms with van der Waals surface area (Å²) >= 11 is 1.65. The molecule has 8 heteroatoms. The van der Waals surface area contributed by atoms with Crippen molar-refractivity contribution in [3.8, 4) is 5.75 Å². The van der Waals surface area contributed by atoms with Crippen molar-refractivity contribution in [2.75, 3.05) is 34.8 Å². The van der Waals surface area contributed by atoms with Crippen molar-refractivity contribution in [2.24, 2.45) is 0 Å². The maximum Gasteiger partial charge on any atom is 0.268 e. The lowest BCUT2D eigenvalue weighted by molar-refractivity contribution is -0.127. The number of thiazole rings is 1. The van der Waals surface area contributed by atoms with Gasteiger partial charge in [-0.25, -0.2) is 4.98 Å². The minimum absolute atomic E-state index is 0.0662. The summed E-state index contributed by atoms with van der Waals surface area (Å²) in [6, 6.07) is 13.0. The first-order valence-electron chi connectivity index (χ1n) is 10.1. The molecule has 3 aromatic rings. The predicted octanol–water partition coefficient (Wildman–Crippen LogP) is 3.65. The van der Waals surface area contributed by atoms with Crippen molar-refractivity contribution in [3.63, 3.8) is 0 Å². The molecule has 1 N–H and O–H groups in total. The molecule has 5 rings (SSSR count). The number of anilines is 3. The number of hydrogen-bond donors (Lipinski definition) is 1. The zero-order valence-corrected chi connectivity index (χ0v) is 17.4. The van der Waals surface area contributed by atoms with Crippen molar-refractivity contribution < 1.29 is 14.3 Å². The van der Waals surface area contributed by atoms with Crippen molar-refractivity contribution in [2.45, 2.75) is 25.9 Å². The van der Waals surface area contributed by atoms with Gasteiger partial charge in [-0.1, -0.05) is 23.5 Å². The molecule has 2 aromatic carbocycles. The number of rotatable bonds is 4. The number of carbonyl (C=O) groups is 2. The Morgan fingerprint density at radius 2 is 2.03 bits per heavy atom. The van der Waals surface area contributed by atoms with Crippen LogP contribution in [0.2, 0.25) is 0 Å². The van der Waals surface area contributed by atoms with Crippen LogP contribution in [0.4, 0.5) is 16.5 Å². The van der Waals surface area contributed by atoms with Gasteiger partial charge in [-0.05, 0) is 50.1 Å². The molecule has 0 aliphatic carbocycles. The molecular weight excluding hydrogens is 400 g/mol.